The van der Waals surface area contributed by atoms with E-state index in [4.69, 9.17) is 14.2 Å². The number of benzene rings is 1. The molecule has 1 aromatic carbocycles. The molecule has 1 rings (SSSR count). The molecule has 0 bridgehead atoms. The van der Waals surface area contributed by atoms with Crippen LogP contribution < -0.4 is 9.47 Å². The maximum atomic E-state index is 5.40. The summed E-state index contributed by atoms with van der Waals surface area (Å²) in [4.78, 5) is 0. The summed E-state index contributed by atoms with van der Waals surface area (Å²) in [6, 6.07) is 4.06. The summed E-state index contributed by atoms with van der Waals surface area (Å²) in [7, 11) is 5.00. The van der Waals surface area contributed by atoms with E-state index in [2.05, 4.69) is 19.9 Å². The highest BCUT2D eigenvalue weighted by Crippen LogP contribution is 2.36. The highest BCUT2D eigenvalue weighted by atomic mass is 16.5. The third kappa shape index (κ3) is 2.67. The van der Waals surface area contributed by atoms with Gasteiger partial charge in [-0.15, -0.1) is 0 Å². The third-order valence-electron chi connectivity index (χ3n) is 2.50. The molecule has 0 unspecified atom stereocenters. The van der Waals surface area contributed by atoms with E-state index in [1.54, 1.807) is 21.3 Å². The van der Waals surface area contributed by atoms with E-state index in [9.17, 15) is 0 Å². The zero-order valence-corrected chi connectivity index (χ0v) is 10.7. The monoisotopic (exact) mass is 224 g/mol. The van der Waals surface area contributed by atoms with Gasteiger partial charge in [0.25, 0.3) is 0 Å². The van der Waals surface area contributed by atoms with Gasteiger partial charge in [0.2, 0.25) is 0 Å². The molecule has 0 amide bonds. The van der Waals surface area contributed by atoms with E-state index in [1.165, 1.54) is 0 Å². The first-order valence-corrected chi connectivity index (χ1v) is 5.37. The van der Waals surface area contributed by atoms with Crippen LogP contribution in [0, 0.1) is 0 Å². The van der Waals surface area contributed by atoms with Gasteiger partial charge in [0.15, 0.2) is 11.5 Å². The van der Waals surface area contributed by atoms with Crippen molar-refractivity contribution in [2.75, 3.05) is 21.3 Å². The van der Waals surface area contributed by atoms with Crippen molar-refractivity contribution in [1.29, 1.82) is 0 Å². The van der Waals surface area contributed by atoms with E-state index in [-0.39, 0.29) is 0 Å². The van der Waals surface area contributed by atoms with Crippen LogP contribution >= 0.6 is 0 Å². The topological polar surface area (TPSA) is 27.7 Å². The summed E-state index contributed by atoms with van der Waals surface area (Å²) in [5.41, 5.74) is 2.25. The van der Waals surface area contributed by atoms with Gasteiger partial charge >= 0.3 is 0 Å². The van der Waals surface area contributed by atoms with Gasteiger partial charge in [-0.3, -0.25) is 0 Å². The number of hydrogen-bond acceptors (Lipinski definition) is 3. The van der Waals surface area contributed by atoms with Crippen LogP contribution in [-0.2, 0) is 11.3 Å². The quantitative estimate of drug-likeness (QED) is 0.769. The average Bonchev–Trinajstić information content (AvgIpc) is 2.28. The number of methoxy groups -OCH3 is 3. The van der Waals surface area contributed by atoms with Crippen molar-refractivity contribution in [1.82, 2.24) is 0 Å². The first-order valence-electron chi connectivity index (χ1n) is 5.37. The van der Waals surface area contributed by atoms with Crippen molar-refractivity contribution in [3.63, 3.8) is 0 Å². The molecule has 16 heavy (non-hydrogen) atoms. The molecular weight excluding hydrogens is 204 g/mol. The van der Waals surface area contributed by atoms with Crippen LogP contribution in [0.3, 0.4) is 0 Å². The summed E-state index contributed by atoms with van der Waals surface area (Å²) in [5.74, 6) is 1.97. The number of ether oxygens (including phenoxy) is 3. The SMILES string of the molecule is COCc1cc(OC)c(OC)c(C(C)C)c1. The first-order chi connectivity index (χ1) is 7.63. The Balaban J connectivity index is 3.25. The second-order valence-electron chi connectivity index (χ2n) is 4.01. The molecule has 0 N–H and O–H groups in total. The number of hydrogen-bond donors (Lipinski definition) is 0. The second-order valence-corrected chi connectivity index (χ2v) is 4.01. The van der Waals surface area contributed by atoms with E-state index in [0.29, 0.717) is 12.5 Å². The van der Waals surface area contributed by atoms with Gasteiger partial charge in [-0.25, -0.2) is 0 Å². The Kier molecular flexibility index (Phi) is 4.62. The molecule has 0 saturated carbocycles. The number of rotatable bonds is 5. The van der Waals surface area contributed by atoms with Gasteiger partial charge in [-0.1, -0.05) is 13.8 Å². The van der Waals surface area contributed by atoms with Crippen molar-refractivity contribution >= 4 is 0 Å². The van der Waals surface area contributed by atoms with Gasteiger partial charge in [0, 0.05) is 12.7 Å². The fraction of sp³-hybridized carbons (Fsp3) is 0.538. The van der Waals surface area contributed by atoms with E-state index >= 15 is 0 Å². The first kappa shape index (κ1) is 12.8. The van der Waals surface area contributed by atoms with E-state index < -0.39 is 0 Å². The van der Waals surface area contributed by atoms with Crippen LogP contribution in [0.15, 0.2) is 12.1 Å². The van der Waals surface area contributed by atoms with E-state index in [0.717, 1.165) is 22.6 Å². The Bertz CT molecular complexity index is 345. The highest BCUT2D eigenvalue weighted by molar-refractivity contribution is 5.50. The lowest BCUT2D eigenvalue weighted by atomic mass is 9.99. The summed E-state index contributed by atoms with van der Waals surface area (Å²) >= 11 is 0. The van der Waals surface area contributed by atoms with Crippen LogP contribution in [0.25, 0.3) is 0 Å². The van der Waals surface area contributed by atoms with Crippen molar-refractivity contribution in [3.8, 4) is 11.5 Å². The smallest absolute Gasteiger partial charge is 0.164 e. The molecule has 0 aromatic heterocycles. The van der Waals surface area contributed by atoms with Crippen LogP contribution in [0.5, 0.6) is 11.5 Å². The standard InChI is InChI=1S/C13H20O3/c1-9(2)11-6-10(8-14-3)7-12(15-4)13(11)16-5/h6-7,9H,8H2,1-5H3. The molecule has 0 fully saturated rings. The summed E-state index contributed by atoms with van der Waals surface area (Å²) < 4.78 is 15.9. The average molecular weight is 224 g/mol. The van der Waals surface area contributed by atoms with Gasteiger partial charge in [-0.05, 0) is 23.6 Å². The second kappa shape index (κ2) is 5.75. The van der Waals surface area contributed by atoms with Crippen LogP contribution in [0.2, 0.25) is 0 Å². The lowest BCUT2D eigenvalue weighted by Crippen LogP contribution is -2.00. The summed E-state index contributed by atoms with van der Waals surface area (Å²) in [5, 5.41) is 0. The van der Waals surface area contributed by atoms with Gasteiger partial charge in [0.1, 0.15) is 0 Å². The maximum absolute atomic E-state index is 5.40. The molecule has 90 valence electrons. The lowest BCUT2D eigenvalue weighted by Gasteiger charge is -2.17. The molecule has 0 radical (unpaired) electrons. The third-order valence-corrected chi connectivity index (χ3v) is 2.50. The minimum absolute atomic E-state index is 0.389. The van der Waals surface area contributed by atoms with Crippen molar-refractivity contribution in [3.05, 3.63) is 23.3 Å². The zero-order chi connectivity index (χ0) is 12.1. The van der Waals surface area contributed by atoms with Crippen LogP contribution in [-0.4, -0.2) is 21.3 Å². The minimum atomic E-state index is 0.389. The van der Waals surface area contributed by atoms with Gasteiger partial charge in [0.05, 0.1) is 20.8 Å². The minimum Gasteiger partial charge on any atom is -0.493 e. The van der Waals surface area contributed by atoms with Crippen molar-refractivity contribution in [2.45, 2.75) is 26.4 Å². The molecule has 3 heteroatoms. The predicted octanol–water partition coefficient (Wildman–Crippen LogP) is 2.97. The molecule has 0 spiro atoms. The Labute approximate surface area is 97.3 Å². The molecule has 0 aliphatic rings. The highest BCUT2D eigenvalue weighted by Gasteiger charge is 2.14. The maximum Gasteiger partial charge on any atom is 0.164 e. The molecule has 0 saturated heterocycles. The summed E-state index contributed by atoms with van der Waals surface area (Å²) in [6.45, 7) is 4.85. The van der Waals surface area contributed by atoms with Gasteiger partial charge in [-0.2, -0.15) is 0 Å². The lowest BCUT2D eigenvalue weighted by molar-refractivity contribution is 0.184. The van der Waals surface area contributed by atoms with E-state index in [1.807, 2.05) is 6.07 Å². The predicted molar refractivity (Wildman–Crippen MR) is 64.3 cm³/mol. The van der Waals surface area contributed by atoms with Crippen LogP contribution in [0.4, 0.5) is 0 Å². The Morgan fingerprint density at radius 3 is 2.19 bits per heavy atom. The van der Waals surface area contributed by atoms with Gasteiger partial charge < -0.3 is 14.2 Å². The Morgan fingerprint density at radius 2 is 1.75 bits per heavy atom. The zero-order valence-electron chi connectivity index (χ0n) is 10.7. The fourth-order valence-electron chi connectivity index (χ4n) is 1.73. The molecule has 0 aliphatic carbocycles. The molecule has 0 heterocycles. The molecule has 3 nitrogen and oxygen atoms in total. The van der Waals surface area contributed by atoms with Crippen LogP contribution in [0.1, 0.15) is 30.9 Å². The summed E-state index contributed by atoms with van der Waals surface area (Å²) in [6.07, 6.45) is 0. The Morgan fingerprint density at radius 1 is 1.06 bits per heavy atom. The molecule has 0 aliphatic heterocycles. The molecule has 0 atom stereocenters. The molecule has 1 aromatic rings. The van der Waals surface area contributed by atoms with Crippen molar-refractivity contribution in [2.24, 2.45) is 0 Å². The normalized spacial score (nSPS) is 10.6. The van der Waals surface area contributed by atoms with Crippen molar-refractivity contribution < 1.29 is 14.2 Å². The Hall–Kier alpha value is -1.22. The fourth-order valence-corrected chi connectivity index (χ4v) is 1.73. The largest absolute Gasteiger partial charge is 0.493 e. The molecular formula is C13H20O3.